The molecule has 3 aromatic rings. The molecular formula is C20H20N6O2. The summed E-state index contributed by atoms with van der Waals surface area (Å²) in [5.74, 6) is 0.182. The number of nitrogens with one attached hydrogen (secondary N) is 1. The van der Waals surface area contributed by atoms with Gasteiger partial charge in [-0.15, -0.1) is 0 Å². The molecule has 142 valence electrons. The first-order chi connectivity index (χ1) is 13.3. The Morgan fingerprint density at radius 1 is 1.25 bits per heavy atom. The lowest BCUT2D eigenvalue weighted by molar-refractivity contribution is 0.00695. The van der Waals surface area contributed by atoms with E-state index in [1.165, 1.54) is 17.1 Å². The molecule has 8 nitrogen and oxygen atoms in total. The standard InChI is InChI=1S/C20H20N6O2/c1-20(2,3)28-18(27)15-12-23-26(13-15)19-24-16(10-21)9-17(25-19)22-11-14-7-5-4-6-8-14/h4-9,12-13H,11H2,1-3H3,(H,22,24,25). The van der Waals surface area contributed by atoms with E-state index in [9.17, 15) is 10.1 Å². The van der Waals surface area contributed by atoms with Crippen LogP contribution in [0, 0.1) is 11.3 Å². The Balaban J connectivity index is 1.82. The largest absolute Gasteiger partial charge is 0.456 e. The van der Waals surface area contributed by atoms with Gasteiger partial charge in [-0.1, -0.05) is 30.3 Å². The first kappa shape index (κ1) is 19.0. The Morgan fingerprint density at radius 3 is 2.68 bits per heavy atom. The number of esters is 1. The molecule has 0 bridgehead atoms. The number of nitriles is 1. The Bertz CT molecular complexity index is 1020. The molecule has 1 N–H and O–H groups in total. The van der Waals surface area contributed by atoms with Crippen molar-refractivity contribution in [2.24, 2.45) is 0 Å². The van der Waals surface area contributed by atoms with E-state index in [-0.39, 0.29) is 17.2 Å². The van der Waals surface area contributed by atoms with E-state index in [4.69, 9.17) is 4.74 Å². The normalized spacial score (nSPS) is 10.9. The average Bonchev–Trinajstić information content (AvgIpc) is 3.16. The highest BCUT2D eigenvalue weighted by atomic mass is 16.6. The smallest absolute Gasteiger partial charge is 0.341 e. The number of hydrogen-bond donors (Lipinski definition) is 1. The number of ether oxygens (including phenoxy) is 1. The van der Waals surface area contributed by atoms with E-state index < -0.39 is 11.6 Å². The third kappa shape index (κ3) is 4.92. The van der Waals surface area contributed by atoms with Crippen molar-refractivity contribution in [2.75, 3.05) is 5.32 Å². The van der Waals surface area contributed by atoms with Crippen LogP contribution in [0.25, 0.3) is 5.95 Å². The maximum atomic E-state index is 12.2. The molecule has 1 aromatic carbocycles. The van der Waals surface area contributed by atoms with Crippen LogP contribution in [-0.2, 0) is 11.3 Å². The Hall–Kier alpha value is -3.73. The summed E-state index contributed by atoms with van der Waals surface area (Å²) in [6.07, 6.45) is 2.86. The van der Waals surface area contributed by atoms with E-state index in [1.54, 1.807) is 26.8 Å². The molecule has 0 aliphatic heterocycles. The summed E-state index contributed by atoms with van der Waals surface area (Å²) in [5, 5.41) is 16.6. The molecule has 0 atom stereocenters. The summed E-state index contributed by atoms with van der Waals surface area (Å²) in [5.41, 5.74) is 0.937. The van der Waals surface area contributed by atoms with Crippen molar-refractivity contribution in [2.45, 2.75) is 32.9 Å². The van der Waals surface area contributed by atoms with Gasteiger partial charge in [0.25, 0.3) is 5.95 Å². The van der Waals surface area contributed by atoms with E-state index >= 15 is 0 Å². The second-order valence-corrected chi connectivity index (χ2v) is 7.06. The highest BCUT2D eigenvalue weighted by Gasteiger charge is 2.20. The fraction of sp³-hybridized carbons (Fsp3) is 0.250. The van der Waals surface area contributed by atoms with Crippen LogP contribution in [0.3, 0.4) is 0 Å². The van der Waals surface area contributed by atoms with Crippen LogP contribution in [-0.4, -0.2) is 31.3 Å². The Labute approximate surface area is 162 Å². The molecule has 0 radical (unpaired) electrons. The minimum atomic E-state index is -0.606. The summed E-state index contributed by atoms with van der Waals surface area (Å²) in [7, 11) is 0. The minimum Gasteiger partial charge on any atom is -0.456 e. The number of rotatable bonds is 5. The van der Waals surface area contributed by atoms with Gasteiger partial charge in [0.05, 0.1) is 11.8 Å². The van der Waals surface area contributed by atoms with Crippen molar-refractivity contribution in [3.63, 3.8) is 0 Å². The van der Waals surface area contributed by atoms with Crippen LogP contribution < -0.4 is 5.32 Å². The van der Waals surface area contributed by atoms with Gasteiger partial charge in [0.2, 0.25) is 0 Å². The number of benzene rings is 1. The van der Waals surface area contributed by atoms with Gasteiger partial charge in [0.1, 0.15) is 23.2 Å². The molecular weight excluding hydrogens is 356 g/mol. The number of anilines is 1. The summed E-state index contributed by atoms with van der Waals surface area (Å²) in [6, 6.07) is 13.4. The third-order valence-corrected chi connectivity index (χ3v) is 3.57. The lowest BCUT2D eigenvalue weighted by Gasteiger charge is -2.18. The number of aromatic nitrogens is 4. The van der Waals surface area contributed by atoms with Crippen LogP contribution in [0.2, 0.25) is 0 Å². The van der Waals surface area contributed by atoms with Gasteiger partial charge in [0.15, 0.2) is 0 Å². The molecule has 0 unspecified atom stereocenters. The highest BCUT2D eigenvalue weighted by molar-refractivity contribution is 5.89. The van der Waals surface area contributed by atoms with Crippen LogP contribution in [0.1, 0.15) is 42.4 Å². The van der Waals surface area contributed by atoms with Crippen molar-refractivity contribution >= 4 is 11.8 Å². The SMILES string of the molecule is CC(C)(C)OC(=O)c1cnn(-c2nc(C#N)cc(NCc3ccccc3)n2)c1. The second-order valence-electron chi connectivity index (χ2n) is 7.06. The Kier molecular flexibility index (Phi) is 5.36. The molecule has 2 heterocycles. The average molecular weight is 376 g/mol. The molecule has 3 rings (SSSR count). The molecule has 0 amide bonds. The summed E-state index contributed by atoms with van der Waals surface area (Å²) in [4.78, 5) is 20.7. The minimum absolute atomic E-state index is 0.185. The van der Waals surface area contributed by atoms with Crippen molar-refractivity contribution in [1.29, 1.82) is 5.26 Å². The zero-order valence-corrected chi connectivity index (χ0v) is 15.9. The fourth-order valence-corrected chi connectivity index (χ4v) is 2.35. The predicted molar refractivity (Wildman–Crippen MR) is 103 cm³/mol. The van der Waals surface area contributed by atoms with Gasteiger partial charge in [-0.05, 0) is 26.3 Å². The summed E-state index contributed by atoms with van der Waals surface area (Å²) < 4.78 is 6.67. The molecule has 28 heavy (non-hydrogen) atoms. The molecule has 0 saturated carbocycles. The maximum Gasteiger partial charge on any atom is 0.341 e. The maximum absolute atomic E-state index is 12.2. The van der Waals surface area contributed by atoms with Gasteiger partial charge in [-0.25, -0.2) is 14.5 Å². The lowest BCUT2D eigenvalue weighted by atomic mass is 10.2. The molecule has 0 fully saturated rings. The van der Waals surface area contributed by atoms with Crippen molar-refractivity contribution < 1.29 is 9.53 Å². The number of carbonyl (C=O) groups excluding carboxylic acids is 1. The van der Waals surface area contributed by atoms with Crippen LogP contribution in [0.5, 0.6) is 0 Å². The third-order valence-electron chi connectivity index (χ3n) is 3.57. The van der Waals surface area contributed by atoms with Gasteiger partial charge >= 0.3 is 5.97 Å². The van der Waals surface area contributed by atoms with Crippen LogP contribution >= 0.6 is 0 Å². The van der Waals surface area contributed by atoms with Crippen LogP contribution in [0.15, 0.2) is 48.8 Å². The monoisotopic (exact) mass is 376 g/mol. The number of nitrogens with zero attached hydrogens (tertiary/aromatic N) is 5. The zero-order chi connectivity index (χ0) is 20.1. The fourth-order valence-electron chi connectivity index (χ4n) is 2.35. The first-order valence-electron chi connectivity index (χ1n) is 8.69. The molecule has 8 heteroatoms. The van der Waals surface area contributed by atoms with Crippen molar-refractivity contribution in [3.8, 4) is 12.0 Å². The lowest BCUT2D eigenvalue weighted by Crippen LogP contribution is -2.23. The zero-order valence-electron chi connectivity index (χ0n) is 15.9. The second kappa shape index (κ2) is 7.88. The van der Waals surface area contributed by atoms with E-state index in [1.807, 2.05) is 36.4 Å². The molecule has 0 saturated heterocycles. The van der Waals surface area contributed by atoms with Gasteiger partial charge in [0, 0.05) is 18.8 Å². The topological polar surface area (TPSA) is 106 Å². The van der Waals surface area contributed by atoms with E-state index in [2.05, 4.69) is 20.4 Å². The Morgan fingerprint density at radius 2 is 2.00 bits per heavy atom. The quantitative estimate of drug-likeness (QED) is 0.682. The van der Waals surface area contributed by atoms with Gasteiger partial charge in [-0.3, -0.25) is 0 Å². The highest BCUT2D eigenvalue weighted by Crippen LogP contribution is 2.14. The van der Waals surface area contributed by atoms with E-state index in [0.717, 1.165) is 5.56 Å². The van der Waals surface area contributed by atoms with E-state index in [0.29, 0.717) is 12.4 Å². The molecule has 0 aliphatic carbocycles. The van der Waals surface area contributed by atoms with Gasteiger partial charge < -0.3 is 10.1 Å². The molecule has 0 spiro atoms. The van der Waals surface area contributed by atoms with Crippen LogP contribution in [0.4, 0.5) is 5.82 Å². The predicted octanol–water partition coefficient (Wildman–Crippen LogP) is 3.10. The molecule has 2 aromatic heterocycles. The molecule has 0 aliphatic rings. The summed E-state index contributed by atoms with van der Waals surface area (Å²) >= 11 is 0. The van der Waals surface area contributed by atoms with Gasteiger partial charge in [-0.2, -0.15) is 15.3 Å². The summed E-state index contributed by atoms with van der Waals surface area (Å²) in [6.45, 7) is 5.92. The van der Waals surface area contributed by atoms with Crippen molar-refractivity contribution in [3.05, 3.63) is 65.6 Å². The number of carbonyl (C=O) groups is 1. The number of hydrogen-bond acceptors (Lipinski definition) is 7. The first-order valence-corrected chi connectivity index (χ1v) is 8.69. The van der Waals surface area contributed by atoms with Crippen molar-refractivity contribution in [1.82, 2.24) is 19.7 Å².